The molecule has 1 fully saturated rings. The Hall–Kier alpha value is -1.90. The van der Waals surface area contributed by atoms with E-state index in [-0.39, 0.29) is 0 Å². The Morgan fingerprint density at radius 3 is 2.73 bits per heavy atom. The Labute approximate surface area is 160 Å². The van der Waals surface area contributed by atoms with E-state index in [0.29, 0.717) is 0 Å². The summed E-state index contributed by atoms with van der Waals surface area (Å²) in [5, 5.41) is 3.34. The molecular weight excluding hydrogens is 340 g/mol. The molecule has 1 saturated heterocycles. The molecule has 1 aliphatic rings. The molecule has 0 aliphatic carbocycles. The summed E-state index contributed by atoms with van der Waals surface area (Å²) in [7, 11) is 0. The number of nitrogens with zero attached hydrogens (tertiary/aromatic N) is 2. The molecule has 0 amide bonds. The zero-order valence-electron chi connectivity index (χ0n) is 15.1. The minimum Gasteiger partial charge on any atom is -0.299 e. The molecule has 0 saturated carbocycles. The number of aryl methyl sites for hydroxylation is 1. The van der Waals surface area contributed by atoms with Crippen LogP contribution in [0.5, 0.6) is 0 Å². The number of hydrogen-bond donors (Lipinski definition) is 0. The summed E-state index contributed by atoms with van der Waals surface area (Å²) in [5.41, 5.74) is 2.81. The summed E-state index contributed by atoms with van der Waals surface area (Å²) < 4.78 is 0. The number of pyridine rings is 1. The molecule has 3 heteroatoms. The molecule has 0 spiro atoms. The minimum atomic E-state index is 0.818. The lowest BCUT2D eigenvalue weighted by Crippen LogP contribution is -2.20. The quantitative estimate of drug-likeness (QED) is 0.555. The van der Waals surface area contributed by atoms with Crippen molar-refractivity contribution in [2.24, 2.45) is 5.92 Å². The van der Waals surface area contributed by atoms with Crippen molar-refractivity contribution < 1.29 is 0 Å². The SMILES string of the molecule is Clc1ccc(CN2CCC(CCCc3ccc4cnccc4c3)C2)cc1. The Kier molecular flexibility index (Phi) is 5.52. The van der Waals surface area contributed by atoms with Crippen molar-refractivity contribution in [1.29, 1.82) is 0 Å². The van der Waals surface area contributed by atoms with Crippen molar-refractivity contribution in [3.8, 4) is 0 Å². The van der Waals surface area contributed by atoms with Crippen LogP contribution in [0.25, 0.3) is 10.8 Å². The molecule has 2 nitrogen and oxygen atoms in total. The van der Waals surface area contributed by atoms with E-state index in [0.717, 1.165) is 17.5 Å². The van der Waals surface area contributed by atoms with Crippen LogP contribution in [0.15, 0.2) is 60.9 Å². The van der Waals surface area contributed by atoms with Crippen molar-refractivity contribution in [3.63, 3.8) is 0 Å². The number of benzene rings is 2. The van der Waals surface area contributed by atoms with E-state index in [9.17, 15) is 0 Å². The lowest BCUT2D eigenvalue weighted by Gasteiger charge is -2.16. The molecule has 1 aliphatic heterocycles. The second kappa shape index (κ2) is 8.20. The highest BCUT2D eigenvalue weighted by molar-refractivity contribution is 6.30. The molecule has 4 rings (SSSR count). The van der Waals surface area contributed by atoms with Crippen LogP contribution in [0.1, 0.15) is 30.4 Å². The number of aromatic nitrogens is 1. The molecule has 1 aromatic heterocycles. The number of likely N-dealkylation sites (tertiary alicyclic amines) is 1. The van der Waals surface area contributed by atoms with Gasteiger partial charge in [0.15, 0.2) is 0 Å². The summed E-state index contributed by atoms with van der Waals surface area (Å²) >= 11 is 5.97. The molecule has 134 valence electrons. The van der Waals surface area contributed by atoms with Crippen molar-refractivity contribution in [2.45, 2.75) is 32.2 Å². The van der Waals surface area contributed by atoms with Gasteiger partial charge in [-0.2, -0.15) is 0 Å². The van der Waals surface area contributed by atoms with Crippen LogP contribution in [-0.2, 0) is 13.0 Å². The fourth-order valence-corrected chi connectivity index (χ4v) is 4.15. The minimum absolute atomic E-state index is 0.818. The average Bonchev–Trinajstić information content (AvgIpc) is 3.11. The normalized spacial score (nSPS) is 17.8. The molecule has 1 atom stereocenters. The molecule has 26 heavy (non-hydrogen) atoms. The average molecular weight is 365 g/mol. The number of halogens is 1. The highest BCUT2D eigenvalue weighted by Gasteiger charge is 2.21. The van der Waals surface area contributed by atoms with Crippen molar-refractivity contribution >= 4 is 22.4 Å². The van der Waals surface area contributed by atoms with Gasteiger partial charge in [-0.1, -0.05) is 41.9 Å². The van der Waals surface area contributed by atoms with Crippen molar-refractivity contribution in [2.75, 3.05) is 13.1 Å². The molecule has 0 bridgehead atoms. The van der Waals surface area contributed by atoms with E-state index in [2.05, 4.69) is 46.3 Å². The van der Waals surface area contributed by atoms with Gasteiger partial charge in [0.25, 0.3) is 0 Å². The van der Waals surface area contributed by atoms with Crippen molar-refractivity contribution in [3.05, 3.63) is 77.1 Å². The smallest absolute Gasteiger partial charge is 0.0406 e. The van der Waals surface area contributed by atoms with E-state index in [1.807, 2.05) is 24.5 Å². The van der Waals surface area contributed by atoms with E-state index in [1.54, 1.807) is 0 Å². The molecular formula is C23H25ClN2. The van der Waals surface area contributed by atoms with Crippen LogP contribution in [0.2, 0.25) is 5.02 Å². The molecule has 2 heterocycles. The first-order valence-electron chi connectivity index (χ1n) is 9.56. The fraction of sp³-hybridized carbons (Fsp3) is 0.348. The largest absolute Gasteiger partial charge is 0.299 e. The predicted molar refractivity (Wildman–Crippen MR) is 110 cm³/mol. The molecule has 0 radical (unpaired) electrons. The third-order valence-corrected chi connectivity index (χ3v) is 5.72. The zero-order chi connectivity index (χ0) is 17.8. The number of hydrogen-bond acceptors (Lipinski definition) is 2. The molecule has 3 aromatic rings. The maximum absolute atomic E-state index is 5.97. The van der Waals surface area contributed by atoms with Gasteiger partial charge < -0.3 is 0 Å². The first-order chi connectivity index (χ1) is 12.8. The number of fused-ring (bicyclic) bond motifs is 1. The third-order valence-electron chi connectivity index (χ3n) is 5.47. The van der Waals surface area contributed by atoms with Gasteiger partial charge in [-0.05, 0) is 72.9 Å². The zero-order valence-corrected chi connectivity index (χ0v) is 15.8. The first-order valence-corrected chi connectivity index (χ1v) is 9.93. The number of rotatable bonds is 6. The van der Waals surface area contributed by atoms with Gasteiger partial charge in [0.2, 0.25) is 0 Å². The van der Waals surface area contributed by atoms with Gasteiger partial charge in [0.1, 0.15) is 0 Å². The summed E-state index contributed by atoms with van der Waals surface area (Å²) in [4.78, 5) is 6.77. The molecule has 2 aromatic carbocycles. The Morgan fingerprint density at radius 1 is 1.00 bits per heavy atom. The second-order valence-electron chi connectivity index (χ2n) is 7.47. The van der Waals surface area contributed by atoms with Gasteiger partial charge in [-0.3, -0.25) is 9.88 Å². The van der Waals surface area contributed by atoms with Crippen LogP contribution in [0, 0.1) is 5.92 Å². The second-order valence-corrected chi connectivity index (χ2v) is 7.90. The van der Waals surface area contributed by atoms with Crippen LogP contribution in [0.4, 0.5) is 0 Å². The molecule has 1 unspecified atom stereocenters. The van der Waals surface area contributed by atoms with E-state index in [1.165, 1.54) is 60.7 Å². The van der Waals surface area contributed by atoms with Crippen molar-refractivity contribution in [1.82, 2.24) is 9.88 Å². The van der Waals surface area contributed by atoms with Crippen LogP contribution in [-0.4, -0.2) is 23.0 Å². The maximum atomic E-state index is 5.97. The summed E-state index contributed by atoms with van der Waals surface area (Å²) in [6.45, 7) is 3.49. The first kappa shape index (κ1) is 17.5. The van der Waals surface area contributed by atoms with E-state index >= 15 is 0 Å². The maximum Gasteiger partial charge on any atom is 0.0406 e. The summed E-state index contributed by atoms with van der Waals surface area (Å²) in [5.74, 6) is 0.840. The lowest BCUT2D eigenvalue weighted by molar-refractivity contribution is 0.312. The van der Waals surface area contributed by atoms with Gasteiger partial charge in [-0.15, -0.1) is 0 Å². The van der Waals surface area contributed by atoms with Crippen LogP contribution < -0.4 is 0 Å². The highest BCUT2D eigenvalue weighted by atomic mass is 35.5. The fourth-order valence-electron chi connectivity index (χ4n) is 4.02. The Balaban J connectivity index is 1.24. The Bertz CT molecular complexity index is 859. The summed E-state index contributed by atoms with van der Waals surface area (Å²) in [6, 6.07) is 17.1. The lowest BCUT2D eigenvalue weighted by atomic mass is 9.98. The van der Waals surface area contributed by atoms with Gasteiger partial charge in [0.05, 0.1) is 0 Å². The van der Waals surface area contributed by atoms with Gasteiger partial charge >= 0.3 is 0 Å². The monoisotopic (exact) mass is 364 g/mol. The topological polar surface area (TPSA) is 16.1 Å². The standard InChI is InChI=1S/C23H25ClN2/c24-23-8-5-20(6-9-23)17-26-13-11-19(16-26)3-1-2-18-4-7-22-15-25-12-10-21(22)14-18/h4-10,12,14-15,19H,1-3,11,13,16-17H2. The predicted octanol–water partition coefficient (Wildman–Crippen LogP) is 5.73. The van der Waals surface area contributed by atoms with Gasteiger partial charge in [-0.25, -0.2) is 0 Å². The van der Waals surface area contributed by atoms with Gasteiger partial charge in [0, 0.05) is 35.9 Å². The van der Waals surface area contributed by atoms with E-state index < -0.39 is 0 Å². The van der Waals surface area contributed by atoms with Crippen LogP contribution in [0.3, 0.4) is 0 Å². The summed E-state index contributed by atoms with van der Waals surface area (Å²) in [6.07, 6.45) is 8.91. The highest BCUT2D eigenvalue weighted by Crippen LogP contribution is 2.24. The van der Waals surface area contributed by atoms with E-state index in [4.69, 9.17) is 11.6 Å². The third kappa shape index (κ3) is 4.44. The Morgan fingerprint density at radius 2 is 1.85 bits per heavy atom. The molecule has 0 N–H and O–H groups in total. The van der Waals surface area contributed by atoms with Crippen LogP contribution >= 0.6 is 11.6 Å².